The van der Waals surface area contributed by atoms with Crippen molar-refractivity contribution in [3.63, 3.8) is 0 Å². The van der Waals surface area contributed by atoms with Gasteiger partial charge in [-0.3, -0.25) is 4.79 Å². The molecular weight excluding hydrogens is 372 g/mol. The first kappa shape index (κ1) is 18.9. The lowest BCUT2D eigenvalue weighted by molar-refractivity contribution is 0.0928. The van der Waals surface area contributed by atoms with E-state index in [1.54, 1.807) is 0 Å². The van der Waals surface area contributed by atoms with Crippen molar-refractivity contribution in [2.24, 2.45) is 0 Å². The van der Waals surface area contributed by atoms with Crippen molar-refractivity contribution in [1.82, 2.24) is 10.0 Å². The smallest absolute Gasteiger partial charge is 0.252 e. The van der Waals surface area contributed by atoms with Crippen LogP contribution in [-0.2, 0) is 15.4 Å². The molecule has 1 saturated carbocycles. The van der Waals surface area contributed by atoms with Gasteiger partial charge in [0.15, 0.2) is 0 Å². The first-order chi connectivity index (χ1) is 12.4. The lowest BCUT2D eigenvalue weighted by Gasteiger charge is -2.42. The summed E-state index contributed by atoms with van der Waals surface area (Å²) in [6.07, 6.45) is 3.15. The fourth-order valence-electron chi connectivity index (χ4n) is 3.27. The van der Waals surface area contributed by atoms with E-state index in [9.17, 15) is 13.2 Å². The number of hydrogen-bond donors (Lipinski definition) is 2. The van der Waals surface area contributed by atoms with Gasteiger partial charge in [0.25, 0.3) is 5.91 Å². The van der Waals surface area contributed by atoms with Crippen LogP contribution in [0.2, 0.25) is 5.02 Å². The zero-order chi connectivity index (χ0) is 18.8. The summed E-state index contributed by atoms with van der Waals surface area (Å²) in [6.45, 7) is 0.495. The van der Waals surface area contributed by atoms with E-state index in [0.29, 0.717) is 6.54 Å². The van der Waals surface area contributed by atoms with Gasteiger partial charge in [0.2, 0.25) is 10.0 Å². The molecule has 1 aliphatic rings. The third kappa shape index (κ3) is 3.63. The van der Waals surface area contributed by atoms with E-state index in [1.165, 1.54) is 30.8 Å². The molecule has 3 rings (SSSR count). The number of carbonyl (C=O) groups excluding carboxylic acids is 1. The molecule has 2 aromatic carbocycles. The number of benzene rings is 2. The maximum atomic E-state index is 12.6. The minimum atomic E-state index is -3.64. The van der Waals surface area contributed by atoms with Crippen LogP contribution in [-0.4, -0.2) is 27.9 Å². The highest BCUT2D eigenvalue weighted by molar-refractivity contribution is 7.89. The maximum Gasteiger partial charge on any atom is 0.252 e. The van der Waals surface area contributed by atoms with Crippen LogP contribution in [0, 0.1) is 0 Å². The monoisotopic (exact) mass is 392 g/mol. The summed E-state index contributed by atoms with van der Waals surface area (Å²) in [5.74, 6) is -0.370. The number of carbonyl (C=O) groups is 1. The second kappa shape index (κ2) is 7.39. The fourth-order valence-corrected chi connectivity index (χ4v) is 4.23. The second-order valence-corrected chi connectivity index (χ2v) is 8.83. The SMILES string of the molecule is CNS(=O)(=O)c1ccc(Cl)c(C(=O)NCC2(c3ccccc3)CCC2)c1. The number of nitrogens with one attached hydrogen (secondary N) is 2. The molecule has 5 nitrogen and oxygen atoms in total. The van der Waals surface area contributed by atoms with Crippen molar-refractivity contribution >= 4 is 27.5 Å². The van der Waals surface area contributed by atoms with Gasteiger partial charge in [0, 0.05) is 12.0 Å². The van der Waals surface area contributed by atoms with Crippen molar-refractivity contribution in [1.29, 1.82) is 0 Å². The van der Waals surface area contributed by atoms with E-state index in [0.717, 1.165) is 19.3 Å². The highest BCUT2D eigenvalue weighted by atomic mass is 35.5. The second-order valence-electron chi connectivity index (χ2n) is 6.53. The van der Waals surface area contributed by atoms with Crippen LogP contribution in [0.5, 0.6) is 0 Å². The number of amides is 1. The molecule has 0 aromatic heterocycles. The lowest BCUT2D eigenvalue weighted by Crippen LogP contribution is -2.45. The Balaban J connectivity index is 1.79. The number of hydrogen-bond acceptors (Lipinski definition) is 3. The van der Waals surface area contributed by atoms with Gasteiger partial charge in [0.05, 0.1) is 15.5 Å². The number of halogens is 1. The van der Waals surface area contributed by atoms with Gasteiger partial charge in [-0.1, -0.05) is 48.4 Å². The predicted octanol–water partition coefficient (Wildman–Crippen LogP) is 3.10. The van der Waals surface area contributed by atoms with Crippen LogP contribution in [0.15, 0.2) is 53.4 Å². The molecule has 0 spiro atoms. The van der Waals surface area contributed by atoms with Gasteiger partial charge in [-0.25, -0.2) is 13.1 Å². The van der Waals surface area contributed by atoms with Crippen LogP contribution in [0.3, 0.4) is 0 Å². The van der Waals surface area contributed by atoms with Crippen LogP contribution in [0.4, 0.5) is 0 Å². The summed E-state index contributed by atoms with van der Waals surface area (Å²) >= 11 is 6.12. The molecule has 1 aliphatic carbocycles. The highest BCUT2D eigenvalue weighted by Crippen LogP contribution is 2.43. The molecule has 0 heterocycles. The quantitative estimate of drug-likeness (QED) is 0.793. The van der Waals surface area contributed by atoms with Crippen LogP contribution in [0.25, 0.3) is 0 Å². The molecule has 26 heavy (non-hydrogen) atoms. The Morgan fingerprint density at radius 2 is 1.85 bits per heavy atom. The molecule has 0 unspecified atom stereocenters. The van der Waals surface area contributed by atoms with Crippen molar-refractivity contribution < 1.29 is 13.2 Å². The standard InChI is InChI=1S/C19H21ClN2O3S/c1-21-26(24,25)15-8-9-17(20)16(12-15)18(23)22-13-19(10-5-11-19)14-6-3-2-4-7-14/h2-4,6-9,12,21H,5,10-11,13H2,1H3,(H,22,23). The van der Waals surface area contributed by atoms with Crippen molar-refractivity contribution in [3.8, 4) is 0 Å². The van der Waals surface area contributed by atoms with Gasteiger partial charge < -0.3 is 5.32 Å². The van der Waals surface area contributed by atoms with Gasteiger partial charge in [-0.2, -0.15) is 0 Å². The Bertz CT molecular complexity index is 910. The molecule has 7 heteroatoms. The summed E-state index contributed by atoms with van der Waals surface area (Å²) in [4.78, 5) is 12.7. The zero-order valence-electron chi connectivity index (χ0n) is 14.5. The molecule has 0 bridgehead atoms. The van der Waals surface area contributed by atoms with E-state index >= 15 is 0 Å². The van der Waals surface area contributed by atoms with Gasteiger partial charge >= 0.3 is 0 Å². The van der Waals surface area contributed by atoms with E-state index < -0.39 is 10.0 Å². The van der Waals surface area contributed by atoms with Crippen molar-refractivity contribution in [2.75, 3.05) is 13.6 Å². The Morgan fingerprint density at radius 1 is 1.15 bits per heavy atom. The average Bonchev–Trinajstić information content (AvgIpc) is 2.61. The third-order valence-corrected chi connectivity index (χ3v) is 6.79. The molecule has 0 radical (unpaired) electrons. The molecular formula is C19H21ClN2O3S. The number of rotatable bonds is 6. The fraction of sp³-hybridized carbons (Fsp3) is 0.316. The summed E-state index contributed by atoms with van der Waals surface area (Å²) in [5, 5.41) is 3.16. The van der Waals surface area contributed by atoms with Crippen LogP contribution >= 0.6 is 11.6 Å². The number of sulfonamides is 1. The molecule has 1 amide bonds. The Kier molecular flexibility index (Phi) is 5.37. The third-order valence-electron chi connectivity index (χ3n) is 5.05. The summed E-state index contributed by atoms with van der Waals surface area (Å²) in [6, 6.07) is 14.2. The average molecular weight is 393 g/mol. The summed E-state index contributed by atoms with van der Waals surface area (Å²) in [5.41, 5.74) is 1.31. The minimum Gasteiger partial charge on any atom is -0.351 e. The Hall–Kier alpha value is -1.89. The minimum absolute atomic E-state index is 0.0102. The Morgan fingerprint density at radius 3 is 2.42 bits per heavy atom. The van der Waals surface area contributed by atoms with Crippen molar-refractivity contribution in [2.45, 2.75) is 29.6 Å². The molecule has 2 aromatic rings. The molecule has 0 atom stereocenters. The summed E-state index contributed by atoms with van der Waals surface area (Å²) in [7, 11) is -2.32. The van der Waals surface area contributed by atoms with Gasteiger partial charge in [-0.05, 0) is 43.7 Å². The molecule has 2 N–H and O–H groups in total. The Labute approximate surface area is 158 Å². The molecule has 1 fully saturated rings. The molecule has 0 saturated heterocycles. The van der Waals surface area contributed by atoms with E-state index in [-0.39, 0.29) is 26.8 Å². The van der Waals surface area contributed by atoms with E-state index in [4.69, 9.17) is 11.6 Å². The highest BCUT2D eigenvalue weighted by Gasteiger charge is 2.38. The van der Waals surface area contributed by atoms with Crippen molar-refractivity contribution in [3.05, 3.63) is 64.7 Å². The van der Waals surface area contributed by atoms with Crippen LogP contribution < -0.4 is 10.0 Å². The molecule has 0 aliphatic heterocycles. The summed E-state index contributed by atoms with van der Waals surface area (Å²) < 4.78 is 26.2. The van der Waals surface area contributed by atoms with Crippen LogP contribution in [0.1, 0.15) is 35.2 Å². The first-order valence-electron chi connectivity index (χ1n) is 8.45. The first-order valence-corrected chi connectivity index (χ1v) is 10.3. The predicted molar refractivity (Wildman–Crippen MR) is 102 cm³/mol. The zero-order valence-corrected chi connectivity index (χ0v) is 16.0. The maximum absolute atomic E-state index is 12.6. The normalized spacial score (nSPS) is 15.9. The molecule has 138 valence electrons. The lowest BCUT2D eigenvalue weighted by atomic mass is 9.64. The van der Waals surface area contributed by atoms with Gasteiger partial charge in [-0.15, -0.1) is 0 Å². The largest absolute Gasteiger partial charge is 0.351 e. The van der Waals surface area contributed by atoms with Gasteiger partial charge in [0.1, 0.15) is 0 Å². The van der Waals surface area contributed by atoms with E-state index in [2.05, 4.69) is 22.2 Å². The van der Waals surface area contributed by atoms with E-state index in [1.807, 2.05) is 18.2 Å². The topological polar surface area (TPSA) is 75.3 Å².